The number of benzene rings is 1. The molecule has 0 radical (unpaired) electrons. The minimum absolute atomic E-state index is 0.0141. The van der Waals surface area contributed by atoms with Crippen molar-refractivity contribution in [1.29, 1.82) is 0 Å². The first kappa shape index (κ1) is 15.7. The minimum atomic E-state index is -0.217. The molecular weight excluding hydrogens is 292 g/mol. The molecule has 1 aliphatic heterocycles. The number of carbonyl (C=O) groups is 1. The number of aromatic nitrogens is 2. The molecule has 0 unspecified atom stereocenters. The van der Waals surface area contributed by atoms with Gasteiger partial charge in [-0.05, 0) is 32.3 Å². The fourth-order valence-corrected chi connectivity index (χ4v) is 3.11. The SMILES string of the molecule is Cc1nn(CC(=O)N2CCC[C@@H](N)CC2)c(=O)c2ccccc12. The number of hydrogen-bond donors (Lipinski definition) is 1. The number of nitrogens with two attached hydrogens (primary N) is 1. The molecule has 2 heterocycles. The van der Waals surface area contributed by atoms with E-state index in [1.54, 1.807) is 11.0 Å². The van der Waals surface area contributed by atoms with Gasteiger partial charge in [0.1, 0.15) is 6.54 Å². The summed E-state index contributed by atoms with van der Waals surface area (Å²) in [6, 6.07) is 7.52. The number of likely N-dealkylation sites (tertiary alicyclic amines) is 1. The van der Waals surface area contributed by atoms with Gasteiger partial charge in [-0.15, -0.1) is 0 Å². The minimum Gasteiger partial charge on any atom is -0.341 e. The molecule has 1 aromatic carbocycles. The maximum atomic E-state index is 12.5. The second kappa shape index (κ2) is 6.50. The molecule has 1 amide bonds. The highest BCUT2D eigenvalue weighted by Crippen LogP contribution is 2.13. The smallest absolute Gasteiger partial charge is 0.275 e. The van der Waals surface area contributed by atoms with Crippen LogP contribution in [-0.4, -0.2) is 39.7 Å². The van der Waals surface area contributed by atoms with Gasteiger partial charge < -0.3 is 10.6 Å². The summed E-state index contributed by atoms with van der Waals surface area (Å²) in [7, 11) is 0. The molecular formula is C17H22N4O2. The lowest BCUT2D eigenvalue weighted by molar-refractivity contribution is -0.132. The Kier molecular flexibility index (Phi) is 4.43. The summed E-state index contributed by atoms with van der Waals surface area (Å²) in [5, 5.41) is 5.74. The Morgan fingerprint density at radius 2 is 2.00 bits per heavy atom. The number of rotatable bonds is 2. The zero-order valence-electron chi connectivity index (χ0n) is 13.4. The number of amides is 1. The normalized spacial score (nSPS) is 18.9. The Morgan fingerprint density at radius 1 is 1.26 bits per heavy atom. The van der Waals surface area contributed by atoms with Gasteiger partial charge >= 0.3 is 0 Å². The van der Waals surface area contributed by atoms with Crippen molar-refractivity contribution in [3.8, 4) is 0 Å². The first-order chi connectivity index (χ1) is 11.1. The van der Waals surface area contributed by atoms with Crippen LogP contribution in [0, 0.1) is 6.92 Å². The van der Waals surface area contributed by atoms with Gasteiger partial charge in [-0.1, -0.05) is 18.2 Å². The van der Waals surface area contributed by atoms with Crippen molar-refractivity contribution in [3.63, 3.8) is 0 Å². The number of aryl methyl sites for hydroxylation is 1. The van der Waals surface area contributed by atoms with Crippen LogP contribution in [0.4, 0.5) is 0 Å². The van der Waals surface area contributed by atoms with Crippen LogP contribution < -0.4 is 11.3 Å². The van der Waals surface area contributed by atoms with E-state index in [9.17, 15) is 9.59 Å². The van der Waals surface area contributed by atoms with Gasteiger partial charge in [0, 0.05) is 24.5 Å². The summed E-state index contributed by atoms with van der Waals surface area (Å²) in [6.07, 6.45) is 2.66. The molecule has 0 spiro atoms. The van der Waals surface area contributed by atoms with Gasteiger partial charge in [-0.25, -0.2) is 4.68 Å². The standard InChI is InChI=1S/C17H22N4O2/c1-12-14-6-2-3-7-15(14)17(23)21(19-12)11-16(22)20-9-4-5-13(18)8-10-20/h2-3,6-7,13H,4-5,8-11,18H2,1H3/t13-/m1/s1. The van der Waals surface area contributed by atoms with E-state index in [4.69, 9.17) is 5.73 Å². The molecule has 1 fully saturated rings. The highest BCUT2D eigenvalue weighted by Gasteiger charge is 2.20. The molecule has 2 N–H and O–H groups in total. The summed E-state index contributed by atoms with van der Waals surface area (Å²) in [6.45, 7) is 3.20. The summed E-state index contributed by atoms with van der Waals surface area (Å²) < 4.78 is 1.28. The van der Waals surface area contributed by atoms with Crippen LogP contribution in [0.1, 0.15) is 25.0 Å². The number of hydrogen-bond acceptors (Lipinski definition) is 4. The van der Waals surface area contributed by atoms with Gasteiger partial charge in [0.25, 0.3) is 5.56 Å². The Hall–Kier alpha value is -2.21. The Labute approximate surface area is 134 Å². The number of carbonyl (C=O) groups excluding carboxylic acids is 1. The summed E-state index contributed by atoms with van der Waals surface area (Å²) in [4.78, 5) is 26.8. The van der Waals surface area contributed by atoms with E-state index in [0.29, 0.717) is 18.5 Å². The molecule has 0 aliphatic carbocycles. The summed E-state index contributed by atoms with van der Waals surface area (Å²) in [5.74, 6) is -0.0663. The van der Waals surface area contributed by atoms with Crippen molar-refractivity contribution in [2.24, 2.45) is 5.73 Å². The van der Waals surface area contributed by atoms with Crippen LogP contribution in [0.15, 0.2) is 29.1 Å². The molecule has 0 bridgehead atoms. The third-order valence-electron chi connectivity index (χ3n) is 4.46. The van der Waals surface area contributed by atoms with Crippen molar-refractivity contribution < 1.29 is 4.79 Å². The van der Waals surface area contributed by atoms with E-state index in [-0.39, 0.29) is 24.1 Å². The van der Waals surface area contributed by atoms with E-state index in [1.165, 1.54) is 4.68 Å². The fraction of sp³-hybridized carbons (Fsp3) is 0.471. The monoisotopic (exact) mass is 314 g/mol. The lowest BCUT2D eigenvalue weighted by Gasteiger charge is -2.20. The van der Waals surface area contributed by atoms with E-state index < -0.39 is 0 Å². The highest BCUT2D eigenvalue weighted by atomic mass is 16.2. The van der Waals surface area contributed by atoms with Crippen LogP contribution in [0.3, 0.4) is 0 Å². The van der Waals surface area contributed by atoms with Crippen LogP contribution in [-0.2, 0) is 11.3 Å². The topological polar surface area (TPSA) is 81.2 Å². The van der Waals surface area contributed by atoms with Gasteiger partial charge in [-0.2, -0.15) is 5.10 Å². The predicted octanol–water partition coefficient (Wildman–Crippen LogP) is 1.04. The van der Waals surface area contributed by atoms with Crippen molar-refractivity contribution >= 4 is 16.7 Å². The quantitative estimate of drug-likeness (QED) is 0.898. The fourth-order valence-electron chi connectivity index (χ4n) is 3.11. The van der Waals surface area contributed by atoms with Gasteiger partial charge in [0.05, 0.1) is 11.1 Å². The Balaban J connectivity index is 1.85. The summed E-state index contributed by atoms with van der Waals surface area (Å²) >= 11 is 0. The van der Waals surface area contributed by atoms with Crippen molar-refractivity contribution in [2.45, 2.75) is 38.8 Å². The van der Waals surface area contributed by atoms with Crippen molar-refractivity contribution in [3.05, 3.63) is 40.3 Å². The second-order valence-corrected chi connectivity index (χ2v) is 6.17. The zero-order valence-corrected chi connectivity index (χ0v) is 13.4. The molecule has 2 aromatic rings. The maximum absolute atomic E-state index is 12.5. The van der Waals surface area contributed by atoms with Gasteiger partial charge in [0.2, 0.25) is 5.91 Å². The number of nitrogens with zero attached hydrogens (tertiary/aromatic N) is 3. The third kappa shape index (κ3) is 3.27. The average Bonchev–Trinajstić information content (AvgIpc) is 2.77. The molecule has 1 atom stereocenters. The van der Waals surface area contributed by atoms with Gasteiger partial charge in [-0.3, -0.25) is 9.59 Å². The molecule has 1 saturated heterocycles. The van der Waals surface area contributed by atoms with Crippen LogP contribution in [0.2, 0.25) is 0 Å². The first-order valence-electron chi connectivity index (χ1n) is 8.06. The molecule has 6 heteroatoms. The Morgan fingerprint density at radius 3 is 2.78 bits per heavy atom. The molecule has 122 valence electrons. The lowest BCUT2D eigenvalue weighted by Crippen LogP contribution is -2.38. The van der Waals surface area contributed by atoms with Crippen LogP contribution >= 0.6 is 0 Å². The van der Waals surface area contributed by atoms with Crippen molar-refractivity contribution in [2.75, 3.05) is 13.1 Å². The third-order valence-corrected chi connectivity index (χ3v) is 4.46. The first-order valence-corrected chi connectivity index (χ1v) is 8.06. The van der Waals surface area contributed by atoms with E-state index in [1.807, 2.05) is 25.1 Å². The lowest BCUT2D eigenvalue weighted by atomic mass is 10.1. The molecule has 3 rings (SSSR count). The van der Waals surface area contributed by atoms with Gasteiger partial charge in [0.15, 0.2) is 0 Å². The molecule has 0 saturated carbocycles. The van der Waals surface area contributed by atoms with Crippen LogP contribution in [0.5, 0.6) is 0 Å². The molecule has 1 aliphatic rings. The predicted molar refractivity (Wildman–Crippen MR) is 89.1 cm³/mol. The van der Waals surface area contributed by atoms with Crippen molar-refractivity contribution in [1.82, 2.24) is 14.7 Å². The molecule has 23 heavy (non-hydrogen) atoms. The molecule has 1 aromatic heterocycles. The second-order valence-electron chi connectivity index (χ2n) is 6.17. The summed E-state index contributed by atoms with van der Waals surface area (Å²) in [5.41, 5.74) is 6.49. The van der Waals surface area contributed by atoms with Crippen LogP contribution in [0.25, 0.3) is 10.8 Å². The largest absolute Gasteiger partial charge is 0.341 e. The maximum Gasteiger partial charge on any atom is 0.275 e. The van der Waals surface area contributed by atoms with E-state index >= 15 is 0 Å². The van der Waals surface area contributed by atoms with E-state index in [2.05, 4.69) is 5.10 Å². The Bertz CT molecular complexity index is 784. The number of fused-ring (bicyclic) bond motifs is 1. The zero-order chi connectivity index (χ0) is 16.4. The average molecular weight is 314 g/mol. The highest BCUT2D eigenvalue weighted by molar-refractivity contribution is 5.83. The molecule has 6 nitrogen and oxygen atoms in total. The van der Waals surface area contributed by atoms with E-state index in [0.717, 1.165) is 30.3 Å².